The largest absolute Gasteiger partial charge is 0.497 e. The number of rotatable bonds is 8. The average Bonchev–Trinajstić information content (AvgIpc) is 3.62. The van der Waals surface area contributed by atoms with Crippen molar-refractivity contribution in [1.82, 2.24) is 28.9 Å². The number of hydrogen-bond acceptors (Lipinski definition) is 7. The summed E-state index contributed by atoms with van der Waals surface area (Å²) >= 11 is 0. The number of hydrogen-bond donors (Lipinski definition) is 1. The van der Waals surface area contributed by atoms with E-state index in [0.29, 0.717) is 23.7 Å². The lowest BCUT2D eigenvalue weighted by atomic mass is 9.81. The van der Waals surface area contributed by atoms with E-state index < -0.39 is 21.2 Å². The fourth-order valence-electron chi connectivity index (χ4n) is 9.91. The van der Waals surface area contributed by atoms with Gasteiger partial charge in [-0.1, -0.05) is 25.3 Å². The number of carbonyl (C=O) groups excluding carboxylic acids is 2. The maximum absolute atomic E-state index is 15.1. The van der Waals surface area contributed by atoms with E-state index in [4.69, 9.17) is 9.84 Å². The number of likely N-dealkylation sites (tertiary alicyclic amines) is 1. The Hall–Kier alpha value is -4.42. The van der Waals surface area contributed by atoms with Crippen molar-refractivity contribution < 1.29 is 22.7 Å². The lowest BCUT2D eigenvalue weighted by Crippen LogP contribution is -2.61. The maximum atomic E-state index is 15.1. The molecule has 12 heteroatoms. The molecular formula is C44H56N6O5S. The second-order valence-electron chi connectivity index (χ2n) is 17.1. The van der Waals surface area contributed by atoms with E-state index in [-0.39, 0.29) is 29.6 Å². The monoisotopic (exact) mass is 780 g/mol. The van der Waals surface area contributed by atoms with Gasteiger partial charge in [-0.05, 0) is 127 Å². The molecule has 4 aliphatic rings. The lowest BCUT2D eigenvalue weighted by molar-refractivity contribution is 0.00605. The van der Waals surface area contributed by atoms with E-state index in [0.717, 1.165) is 103 Å². The Bertz CT molecular complexity index is 2330. The highest BCUT2D eigenvalue weighted by atomic mass is 32.2. The molecule has 3 fully saturated rings. The summed E-state index contributed by atoms with van der Waals surface area (Å²) in [5, 5.41) is 5.59. The minimum Gasteiger partial charge on any atom is -0.497 e. The van der Waals surface area contributed by atoms with Crippen LogP contribution in [0.15, 0.2) is 36.4 Å². The predicted octanol–water partition coefficient (Wildman–Crippen LogP) is 7.78. The zero-order valence-electron chi connectivity index (χ0n) is 33.9. The van der Waals surface area contributed by atoms with Crippen LogP contribution < -0.4 is 9.46 Å². The third-order valence-electron chi connectivity index (χ3n) is 12.7. The van der Waals surface area contributed by atoms with Crippen molar-refractivity contribution in [2.75, 3.05) is 27.2 Å². The molecule has 5 heterocycles. The second kappa shape index (κ2) is 14.8. The van der Waals surface area contributed by atoms with Gasteiger partial charge in [-0.2, -0.15) is 5.10 Å². The number of allylic oxidation sites excluding steroid dienone is 1. The molecule has 56 heavy (non-hydrogen) atoms. The quantitative estimate of drug-likeness (QED) is 0.194. The number of aromatic nitrogens is 3. The number of piperazine rings is 1. The van der Waals surface area contributed by atoms with Crippen LogP contribution in [0.2, 0.25) is 0 Å². The smallest absolute Gasteiger partial charge is 0.264 e. The van der Waals surface area contributed by atoms with Crippen LogP contribution in [0.4, 0.5) is 0 Å². The number of benzene rings is 2. The normalized spacial score (nSPS) is 20.5. The van der Waals surface area contributed by atoms with Gasteiger partial charge in [-0.3, -0.25) is 14.3 Å². The Morgan fingerprint density at radius 1 is 0.929 bits per heavy atom. The van der Waals surface area contributed by atoms with Crippen molar-refractivity contribution >= 4 is 44.4 Å². The molecule has 1 N–H and O–H groups in total. The van der Waals surface area contributed by atoms with Crippen LogP contribution in [0.5, 0.6) is 5.75 Å². The Balaban J connectivity index is 1.35. The summed E-state index contributed by atoms with van der Waals surface area (Å²) in [4.78, 5) is 33.3. The molecule has 4 aromatic rings. The predicted molar refractivity (Wildman–Crippen MR) is 222 cm³/mol. The standard InChI is InChI=1S/C44H56N6O5S/c1-26(2)50-28(5)39(44(52)49-33-14-11-15-34(49)25-47(6)24-33)41(45-50)32-20-31-21-35(55-7)17-19-36(31)42-40(29-12-9-8-10-13-29)37-18-16-30(22-38(37)48(42)23-32)43(51)46-56(53,54)27(3)4/h16-22,26-27,29,33-34H,8-15,23-25H2,1-7H3,(H,46,51). The molecule has 298 valence electrons. The number of nitrogens with zero attached hydrogens (tertiary/aromatic N) is 5. The lowest BCUT2D eigenvalue weighted by Gasteiger charge is -2.49. The molecule has 2 aromatic heterocycles. The third kappa shape index (κ3) is 6.66. The second-order valence-corrected chi connectivity index (χ2v) is 19.3. The topological polar surface area (TPSA) is 119 Å². The van der Waals surface area contributed by atoms with Gasteiger partial charge in [0.25, 0.3) is 11.8 Å². The fraction of sp³-hybridized carbons (Fsp3) is 0.523. The van der Waals surface area contributed by atoms with Gasteiger partial charge in [0.05, 0.1) is 30.2 Å². The van der Waals surface area contributed by atoms with E-state index in [1.807, 2.05) is 29.8 Å². The van der Waals surface area contributed by atoms with Crippen molar-refractivity contribution in [2.24, 2.45) is 0 Å². The van der Waals surface area contributed by atoms with Gasteiger partial charge >= 0.3 is 0 Å². The zero-order valence-corrected chi connectivity index (χ0v) is 34.7. The molecule has 2 aromatic carbocycles. The molecule has 2 amide bonds. The average molecular weight is 781 g/mol. The van der Waals surface area contributed by atoms with Gasteiger partial charge in [0.15, 0.2) is 0 Å². The number of carbonyl (C=O) groups is 2. The molecule has 2 saturated heterocycles. The van der Waals surface area contributed by atoms with Crippen molar-refractivity contribution in [2.45, 2.75) is 122 Å². The molecule has 3 aliphatic heterocycles. The molecule has 2 unspecified atom stereocenters. The number of piperidine rings is 1. The fourth-order valence-corrected chi connectivity index (χ4v) is 10.5. The first-order valence-corrected chi connectivity index (χ1v) is 22.0. The summed E-state index contributed by atoms with van der Waals surface area (Å²) < 4.78 is 38.0. The Morgan fingerprint density at radius 3 is 2.30 bits per heavy atom. The SMILES string of the molecule is COc1ccc2c(c1)C=C(c1nn(C(C)C)c(C)c1C(=O)N1C3CCCC1CN(C)C3)Cn1c-2c(C2CCCCC2)c2ccc(C(=O)NS(=O)(=O)C(C)C)cc21. The van der Waals surface area contributed by atoms with Gasteiger partial charge in [0, 0.05) is 64.5 Å². The van der Waals surface area contributed by atoms with Crippen molar-refractivity contribution in [3.63, 3.8) is 0 Å². The molecule has 1 aliphatic carbocycles. The highest BCUT2D eigenvalue weighted by molar-refractivity contribution is 7.90. The van der Waals surface area contributed by atoms with E-state index in [2.05, 4.69) is 58.2 Å². The number of ether oxygens (including phenoxy) is 1. The first kappa shape index (κ1) is 38.5. The minimum atomic E-state index is -3.84. The number of fused-ring (bicyclic) bond motifs is 7. The first-order valence-electron chi connectivity index (χ1n) is 20.5. The van der Waals surface area contributed by atoms with Gasteiger partial charge in [-0.25, -0.2) is 13.1 Å². The van der Waals surface area contributed by atoms with Gasteiger partial charge in [0.1, 0.15) is 11.4 Å². The highest BCUT2D eigenvalue weighted by Crippen LogP contribution is 2.48. The summed E-state index contributed by atoms with van der Waals surface area (Å²) in [6, 6.07) is 12.1. The number of methoxy groups -OCH3 is 1. The summed E-state index contributed by atoms with van der Waals surface area (Å²) in [6.07, 6.45) is 10.9. The van der Waals surface area contributed by atoms with Crippen LogP contribution in [0.1, 0.15) is 134 Å². The van der Waals surface area contributed by atoms with Gasteiger partial charge < -0.3 is 19.1 Å². The van der Waals surface area contributed by atoms with E-state index in [1.54, 1.807) is 27.0 Å². The highest BCUT2D eigenvalue weighted by Gasteiger charge is 2.42. The summed E-state index contributed by atoms with van der Waals surface area (Å²) in [6.45, 7) is 11.5. The van der Waals surface area contributed by atoms with Crippen LogP contribution in [0.3, 0.4) is 0 Å². The van der Waals surface area contributed by atoms with Crippen molar-refractivity contribution in [1.29, 1.82) is 0 Å². The summed E-state index contributed by atoms with van der Waals surface area (Å²) in [5.74, 6) is 0.450. The summed E-state index contributed by atoms with van der Waals surface area (Å²) in [5.41, 5.74) is 8.59. The van der Waals surface area contributed by atoms with Crippen molar-refractivity contribution in [3.8, 4) is 17.0 Å². The van der Waals surface area contributed by atoms with Gasteiger partial charge in [-0.15, -0.1) is 0 Å². The van der Waals surface area contributed by atoms with E-state index in [1.165, 1.54) is 12.0 Å². The van der Waals surface area contributed by atoms with Crippen molar-refractivity contribution in [3.05, 3.63) is 70.0 Å². The Morgan fingerprint density at radius 2 is 1.64 bits per heavy atom. The van der Waals surface area contributed by atoms with Crippen LogP contribution in [0.25, 0.3) is 33.8 Å². The van der Waals surface area contributed by atoms with Crippen LogP contribution in [-0.2, 0) is 16.6 Å². The van der Waals surface area contributed by atoms with E-state index >= 15 is 4.79 Å². The van der Waals surface area contributed by atoms with E-state index in [9.17, 15) is 13.2 Å². The first-order chi connectivity index (χ1) is 26.8. The Labute approximate surface area is 331 Å². The van der Waals surface area contributed by atoms with Gasteiger partial charge in [0.2, 0.25) is 10.0 Å². The van der Waals surface area contributed by atoms with Crippen LogP contribution in [-0.4, -0.2) is 89.0 Å². The maximum Gasteiger partial charge on any atom is 0.264 e. The molecule has 0 radical (unpaired) electrons. The van der Waals surface area contributed by atoms with Crippen LogP contribution >= 0.6 is 0 Å². The number of likely N-dealkylation sites (N-methyl/N-ethyl adjacent to an activating group) is 1. The molecule has 8 rings (SSSR count). The molecular weight excluding hydrogens is 725 g/mol. The molecule has 1 saturated carbocycles. The Kier molecular flexibility index (Phi) is 10.2. The third-order valence-corrected chi connectivity index (χ3v) is 14.4. The summed E-state index contributed by atoms with van der Waals surface area (Å²) in [7, 11) is -0.0101. The molecule has 2 bridgehead atoms. The zero-order chi connectivity index (χ0) is 39.6. The molecule has 11 nitrogen and oxygen atoms in total. The number of nitrogens with one attached hydrogen (secondary N) is 1. The number of sulfonamides is 1. The molecule has 0 spiro atoms. The molecule has 2 atom stereocenters. The van der Waals surface area contributed by atoms with Crippen LogP contribution in [0, 0.1) is 6.92 Å². The minimum absolute atomic E-state index is 0.0325. The number of amides is 2.